The molecule has 0 saturated carbocycles. The Kier molecular flexibility index (Phi) is 6.48. The molecule has 1 heterocycles. The molecule has 1 amide bonds. The molecular formula is C15H15N3O5S2. The topological polar surface area (TPSA) is 111 Å². The van der Waals surface area contributed by atoms with E-state index in [0.717, 1.165) is 5.69 Å². The Morgan fingerprint density at radius 1 is 1.40 bits per heavy atom. The van der Waals surface area contributed by atoms with Gasteiger partial charge in [0.25, 0.3) is 11.6 Å². The molecule has 10 heteroatoms. The first-order valence-electron chi connectivity index (χ1n) is 7.15. The molecule has 0 aliphatic carbocycles. The number of benzene rings is 1. The largest absolute Gasteiger partial charge is 0.455 e. The molecule has 1 atom stereocenters. The number of hydrogen-bond acceptors (Lipinski definition) is 8. The molecule has 8 nitrogen and oxygen atoms in total. The lowest BCUT2D eigenvalue weighted by atomic mass is 10.3. The predicted molar refractivity (Wildman–Crippen MR) is 94.9 cm³/mol. The number of ether oxygens (including phenoxy) is 1. The van der Waals surface area contributed by atoms with Crippen LogP contribution in [0.2, 0.25) is 0 Å². The van der Waals surface area contributed by atoms with Crippen molar-refractivity contribution < 1.29 is 19.2 Å². The maximum absolute atomic E-state index is 11.9. The first-order chi connectivity index (χ1) is 11.8. The van der Waals surface area contributed by atoms with Crippen molar-refractivity contribution in [1.82, 2.24) is 4.98 Å². The Hall–Kier alpha value is -2.46. The summed E-state index contributed by atoms with van der Waals surface area (Å²) in [6.07, 6.45) is 0. The van der Waals surface area contributed by atoms with Crippen LogP contribution < -0.4 is 5.32 Å². The van der Waals surface area contributed by atoms with E-state index in [4.69, 9.17) is 4.74 Å². The van der Waals surface area contributed by atoms with Crippen LogP contribution in [-0.2, 0) is 14.3 Å². The van der Waals surface area contributed by atoms with Gasteiger partial charge in [0.1, 0.15) is 5.25 Å². The molecule has 0 aliphatic heterocycles. The van der Waals surface area contributed by atoms with Gasteiger partial charge in [-0.25, -0.2) is 4.98 Å². The maximum Gasteiger partial charge on any atom is 0.319 e. The SMILES string of the molecule is Cc1csc(NC(=O)COC(=O)C(C)Sc2ccc([N+](=O)[O-])cc2)n1. The van der Waals surface area contributed by atoms with Gasteiger partial charge in [-0.3, -0.25) is 25.0 Å². The van der Waals surface area contributed by atoms with Crippen molar-refractivity contribution in [3.63, 3.8) is 0 Å². The van der Waals surface area contributed by atoms with Gasteiger partial charge in [0, 0.05) is 22.4 Å². The first kappa shape index (κ1) is 18.9. The summed E-state index contributed by atoms with van der Waals surface area (Å²) in [5.74, 6) is -1.01. The lowest BCUT2D eigenvalue weighted by Crippen LogP contribution is -2.24. The summed E-state index contributed by atoms with van der Waals surface area (Å²) in [5, 5.41) is 14.8. The summed E-state index contributed by atoms with van der Waals surface area (Å²) in [7, 11) is 0. The van der Waals surface area contributed by atoms with Gasteiger partial charge in [-0.1, -0.05) is 0 Å². The van der Waals surface area contributed by atoms with Crippen molar-refractivity contribution in [2.45, 2.75) is 24.0 Å². The van der Waals surface area contributed by atoms with Gasteiger partial charge >= 0.3 is 5.97 Å². The fraction of sp³-hybridized carbons (Fsp3) is 0.267. The van der Waals surface area contributed by atoms with Gasteiger partial charge < -0.3 is 4.74 Å². The molecule has 2 aromatic rings. The Balaban J connectivity index is 1.79. The second-order valence-electron chi connectivity index (χ2n) is 4.96. The molecule has 0 aliphatic rings. The number of hydrogen-bond donors (Lipinski definition) is 1. The maximum atomic E-state index is 11.9. The van der Waals surface area contributed by atoms with E-state index in [1.165, 1.54) is 35.2 Å². The Labute approximate surface area is 151 Å². The number of nitro groups is 1. The van der Waals surface area contributed by atoms with E-state index in [1.807, 2.05) is 6.92 Å². The van der Waals surface area contributed by atoms with Crippen LogP contribution in [0.4, 0.5) is 10.8 Å². The summed E-state index contributed by atoms with van der Waals surface area (Å²) >= 11 is 2.48. The number of nitro benzene ring substituents is 1. The highest BCUT2D eigenvalue weighted by Crippen LogP contribution is 2.26. The molecular weight excluding hydrogens is 366 g/mol. The molecule has 2 rings (SSSR count). The fourth-order valence-corrected chi connectivity index (χ4v) is 3.29. The monoisotopic (exact) mass is 381 g/mol. The quantitative estimate of drug-likeness (QED) is 0.339. The van der Waals surface area contributed by atoms with E-state index >= 15 is 0 Å². The number of aromatic nitrogens is 1. The minimum absolute atomic E-state index is 0.0197. The number of esters is 1. The third-order valence-electron chi connectivity index (χ3n) is 2.90. The molecule has 1 N–H and O–H groups in total. The third kappa shape index (κ3) is 5.84. The lowest BCUT2D eigenvalue weighted by molar-refractivity contribution is -0.384. The zero-order valence-corrected chi connectivity index (χ0v) is 15.1. The average molecular weight is 381 g/mol. The molecule has 0 bridgehead atoms. The van der Waals surface area contributed by atoms with Crippen LogP contribution in [0, 0.1) is 17.0 Å². The fourth-order valence-electron chi connectivity index (χ4n) is 1.72. The Bertz CT molecular complexity index is 776. The predicted octanol–water partition coefficient (Wildman–Crippen LogP) is 3.02. The normalized spacial score (nSPS) is 11.6. The Morgan fingerprint density at radius 3 is 2.64 bits per heavy atom. The number of aryl methyl sites for hydroxylation is 1. The number of carbonyl (C=O) groups is 2. The standard InChI is InChI=1S/C15H15N3O5S2/c1-9-8-24-15(16-9)17-13(19)7-23-14(20)10(2)25-12-5-3-11(4-6-12)18(21)22/h3-6,8,10H,7H2,1-2H3,(H,16,17,19). The molecule has 0 saturated heterocycles. The zero-order chi connectivity index (χ0) is 18.4. The summed E-state index contributed by atoms with van der Waals surface area (Å²) < 4.78 is 4.98. The van der Waals surface area contributed by atoms with Crippen LogP contribution >= 0.6 is 23.1 Å². The number of rotatable bonds is 7. The highest BCUT2D eigenvalue weighted by molar-refractivity contribution is 8.00. The number of amides is 1. The van der Waals surface area contributed by atoms with Gasteiger partial charge in [-0.2, -0.15) is 0 Å². The van der Waals surface area contributed by atoms with Crippen LogP contribution in [0.15, 0.2) is 34.5 Å². The van der Waals surface area contributed by atoms with E-state index in [0.29, 0.717) is 10.0 Å². The smallest absolute Gasteiger partial charge is 0.319 e. The number of non-ortho nitro benzene ring substituents is 1. The number of anilines is 1. The molecule has 132 valence electrons. The van der Waals surface area contributed by atoms with Crippen molar-refractivity contribution in [3.05, 3.63) is 45.5 Å². The Morgan fingerprint density at radius 2 is 2.08 bits per heavy atom. The lowest BCUT2D eigenvalue weighted by Gasteiger charge is -2.11. The molecule has 1 aromatic heterocycles. The van der Waals surface area contributed by atoms with Crippen molar-refractivity contribution in [2.24, 2.45) is 0 Å². The van der Waals surface area contributed by atoms with E-state index in [1.54, 1.807) is 24.4 Å². The van der Waals surface area contributed by atoms with Crippen LogP contribution in [-0.4, -0.2) is 33.6 Å². The van der Waals surface area contributed by atoms with Crippen molar-refractivity contribution >= 4 is 45.8 Å². The van der Waals surface area contributed by atoms with Crippen LogP contribution in [0.25, 0.3) is 0 Å². The summed E-state index contributed by atoms with van der Waals surface area (Å²) in [4.78, 5) is 38.5. The van der Waals surface area contributed by atoms with Crippen LogP contribution in [0.1, 0.15) is 12.6 Å². The van der Waals surface area contributed by atoms with Gasteiger partial charge in [0.2, 0.25) is 0 Å². The highest BCUT2D eigenvalue weighted by atomic mass is 32.2. The van der Waals surface area contributed by atoms with Gasteiger partial charge in [-0.05, 0) is 26.0 Å². The summed E-state index contributed by atoms with van der Waals surface area (Å²) in [5.41, 5.74) is 0.777. The molecule has 0 fully saturated rings. The van der Waals surface area contributed by atoms with E-state index in [-0.39, 0.29) is 5.69 Å². The van der Waals surface area contributed by atoms with Gasteiger partial charge in [-0.15, -0.1) is 23.1 Å². The molecule has 25 heavy (non-hydrogen) atoms. The molecule has 1 unspecified atom stereocenters. The van der Waals surface area contributed by atoms with E-state index < -0.39 is 28.7 Å². The molecule has 0 spiro atoms. The number of thiazole rings is 1. The van der Waals surface area contributed by atoms with E-state index in [9.17, 15) is 19.7 Å². The second-order valence-corrected chi connectivity index (χ2v) is 7.23. The van der Waals surface area contributed by atoms with Crippen molar-refractivity contribution in [3.8, 4) is 0 Å². The number of nitrogens with zero attached hydrogens (tertiary/aromatic N) is 2. The second kappa shape index (κ2) is 8.58. The zero-order valence-electron chi connectivity index (χ0n) is 13.4. The third-order valence-corrected chi connectivity index (χ3v) is 4.87. The minimum Gasteiger partial charge on any atom is -0.455 e. The number of nitrogens with one attached hydrogen (secondary N) is 1. The van der Waals surface area contributed by atoms with Crippen molar-refractivity contribution in [2.75, 3.05) is 11.9 Å². The highest BCUT2D eigenvalue weighted by Gasteiger charge is 2.18. The van der Waals surface area contributed by atoms with E-state index in [2.05, 4.69) is 10.3 Å². The average Bonchev–Trinajstić information content (AvgIpc) is 2.97. The van der Waals surface area contributed by atoms with Gasteiger partial charge in [0.05, 0.1) is 10.6 Å². The van der Waals surface area contributed by atoms with Crippen LogP contribution in [0.5, 0.6) is 0 Å². The molecule has 0 radical (unpaired) electrons. The van der Waals surface area contributed by atoms with Gasteiger partial charge in [0.15, 0.2) is 11.7 Å². The molecule has 1 aromatic carbocycles. The first-order valence-corrected chi connectivity index (χ1v) is 8.91. The van der Waals surface area contributed by atoms with Crippen molar-refractivity contribution in [1.29, 1.82) is 0 Å². The summed E-state index contributed by atoms with van der Waals surface area (Å²) in [6.45, 7) is 3.04. The number of carbonyl (C=O) groups excluding carboxylic acids is 2. The number of thioether (sulfide) groups is 1. The minimum atomic E-state index is -0.559. The van der Waals surface area contributed by atoms with Crippen LogP contribution in [0.3, 0.4) is 0 Å². The summed E-state index contributed by atoms with van der Waals surface area (Å²) in [6, 6.07) is 5.85.